The summed E-state index contributed by atoms with van der Waals surface area (Å²) in [5.74, 6) is 4.66. The summed E-state index contributed by atoms with van der Waals surface area (Å²) in [4.78, 5) is 19.5. The first kappa shape index (κ1) is 30.9. The highest BCUT2D eigenvalue weighted by Gasteiger charge is 2.39. The molecule has 2 aromatic heterocycles. The topological polar surface area (TPSA) is 70.0 Å². The molecule has 6 nitrogen and oxygen atoms in total. The van der Waals surface area contributed by atoms with Gasteiger partial charge < -0.3 is 9.47 Å². The predicted molar refractivity (Wildman–Crippen MR) is 209 cm³/mol. The van der Waals surface area contributed by atoms with Crippen LogP contribution in [0.4, 0.5) is 0 Å². The molecule has 1 aliphatic heterocycles. The number of aromatic nitrogens is 4. The first-order valence-corrected chi connectivity index (χ1v) is 17.7. The fourth-order valence-electron chi connectivity index (χ4n) is 7.57. The van der Waals surface area contributed by atoms with E-state index in [0.29, 0.717) is 29.0 Å². The lowest BCUT2D eigenvalue weighted by molar-refractivity contribution is 0.361. The number of rotatable bonds is 5. The Bertz CT molecular complexity index is 2690. The Morgan fingerprint density at radius 2 is 1.06 bits per heavy atom. The normalized spacial score (nSPS) is 13.2. The monoisotopic (exact) mass is 684 g/mol. The fraction of sp³-hybridized carbons (Fsp3) is 0.0638. The van der Waals surface area contributed by atoms with Crippen LogP contribution in [0.1, 0.15) is 25.0 Å². The van der Waals surface area contributed by atoms with Crippen LogP contribution in [0.25, 0.3) is 67.7 Å². The van der Waals surface area contributed by atoms with Gasteiger partial charge in [0, 0.05) is 45.0 Å². The highest BCUT2D eigenvalue weighted by Crippen LogP contribution is 2.59. The molecule has 0 unspecified atom stereocenters. The Morgan fingerprint density at radius 3 is 1.85 bits per heavy atom. The van der Waals surface area contributed by atoms with E-state index in [9.17, 15) is 0 Å². The zero-order valence-electron chi connectivity index (χ0n) is 29.1. The lowest BCUT2D eigenvalue weighted by atomic mass is 9.82. The van der Waals surface area contributed by atoms with E-state index in [1.54, 1.807) is 6.20 Å². The Kier molecular flexibility index (Phi) is 7.05. The van der Waals surface area contributed by atoms with Gasteiger partial charge in [0.25, 0.3) is 0 Å². The molecule has 3 heterocycles. The maximum Gasteiger partial charge on any atom is 0.178 e. The molecule has 2 aliphatic rings. The van der Waals surface area contributed by atoms with E-state index in [1.807, 2.05) is 84.9 Å². The van der Waals surface area contributed by atoms with Crippen LogP contribution in [0.3, 0.4) is 0 Å². The number of hydrogen-bond donors (Lipinski definition) is 0. The molecule has 10 rings (SSSR count). The van der Waals surface area contributed by atoms with Gasteiger partial charge in [-0.05, 0) is 52.6 Å². The van der Waals surface area contributed by atoms with Gasteiger partial charge >= 0.3 is 0 Å². The third kappa shape index (κ3) is 5.18. The second kappa shape index (κ2) is 12.1. The van der Waals surface area contributed by atoms with Crippen LogP contribution in [0.2, 0.25) is 0 Å². The van der Waals surface area contributed by atoms with Crippen LogP contribution >= 0.6 is 0 Å². The molecule has 1 aliphatic carbocycles. The van der Waals surface area contributed by atoms with E-state index in [-0.39, 0.29) is 5.41 Å². The van der Waals surface area contributed by atoms with Gasteiger partial charge in [0.15, 0.2) is 40.5 Å². The van der Waals surface area contributed by atoms with Crippen molar-refractivity contribution in [2.24, 2.45) is 0 Å². The van der Waals surface area contributed by atoms with Gasteiger partial charge in [-0.1, -0.05) is 135 Å². The summed E-state index contributed by atoms with van der Waals surface area (Å²) < 4.78 is 13.4. The summed E-state index contributed by atoms with van der Waals surface area (Å²) in [6, 6.07) is 51.2. The summed E-state index contributed by atoms with van der Waals surface area (Å²) in [6.45, 7) is 4.54. The van der Waals surface area contributed by atoms with Crippen LogP contribution in [0, 0.1) is 0 Å². The number of pyridine rings is 1. The van der Waals surface area contributed by atoms with Crippen LogP contribution < -0.4 is 9.47 Å². The van der Waals surface area contributed by atoms with E-state index in [4.69, 9.17) is 24.4 Å². The quantitative estimate of drug-likeness (QED) is 0.180. The predicted octanol–water partition coefficient (Wildman–Crippen LogP) is 11.8. The smallest absolute Gasteiger partial charge is 0.178 e. The van der Waals surface area contributed by atoms with Gasteiger partial charge in [-0.2, -0.15) is 0 Å². The first-order valence-electron chi connectivity index (χ1n) is 17.7. The molecule has 0 saturated carbocycles. The molecule has 252 valence electrons. The molecule has 0 atom stereocenters. The molecule has 6 heteroatoms. The van der Waals surface area contributed by atoms with Crippen molar-refractivity contribution in [2.75, 3.05) is 0 Å². The molecule has 0 bridgehead atoms. The maximum absolute atomic E-state index is 6.88. The van der Waals surface area contributed by atoms with Crippen LogP contribution in [0.5, 0.6) is 23.0 Å². The van der Waals surface area contributed by atoms with E-state index >= 15 is 0 Å². The second-order valence-electron chi connectivity index (χ2n) is 13.9. The number of fused-ring (bicyclic) bond motifs is 6. The molecule has 6 aromatic carbocycles. The van der Waals surface area contributed by atoms with Gasteiger partial charge in [0.05, 0.1) is 5.69 Å². The zero-order valence-corrected chi connectivity index (χ0v) is 29.1. The number of ether oxygens (including phenoxy) is 2. The summed E-state index contributed by atoms with van der Waals surface area (Å²) in [7, 11) is 0. The van der Waals surface area contributed by atoms with E-state index in [1.165, 1.54) is 16.7 Å². The summed E-state index contributed by atoms with van der Waals surface area (Å²) in [6.07, 6.45) is 1.80. The summed E-state index contributed by atoms with van der Waals surface area (Å²) in [5, 5.41) is 0. The minimum absolute atomic E-state index is 0.142. The molecule has 0 fully saturated rings. The van der Waals surface area contributed by atoms with Crippen molar-refractivity contribution in [1.29, 1.82) is 0 Å². The Morgan fingerprint density at radius 1 is 0.434 bits per heavy atom. The van der Waals surface area contributed by atoms with Gasteiger partial charge in [-0.25, -0.2) is 15.0 Å². The van der Waals surface area contributed by atoms with Crippen LogP contribution in [0.15, 0.2) is 158 Å². The Labute approximate surface area is 307 Å². The number of hydrogen-bond acceptors (Lipinski definition) is 6. The third-order valence-electron chi connectivity index (χ3n) is 10.3. The van der Waals surface area contributed by atoms with Crippen molar-refractivity contribution in [2.45, 2.75) is 19.3 Å². The standard InChI is InChI=1S/C47H32N4O2/c1-47(2)36-18-7-6-16-35(36)41-37(47)25-26-40-43(41)53-42-34(17-11-20-39(42)52-40)29-21-23-31(24-22-29)45-49-44(30-12-4-3-5-13-30)50-46(51-45)33-15-10-14-32(28-33)38-19-8-9-27-48-38/h3-28H,1-2H3. The van der Waals surface area contributed by atoms with E-state index in [0.717, 1.165) is 56.1 Å². The highest BCUT2D eigenvalue weighted by molar-refractivity contribution is 5.89. The molecule has 0 saturated heterocycles. The lowest BCUT2D eigenvalue weighted by Crippen LogP contribution is -2.15. The number of nitrogens with zero attached hydrogens (tertiary/aromatic N) is 4. The SMILES string of the molecule is CC1(C)c2ccccc2-c2c1ccc1c2Oc2c(cccc2-c2ccc(-c3nc(-c4ccccc4)nc(-c4cccc(-c5ccccn5)c4)n3)cc2)O1. The third-order valence-corrected chi connectivity index (χ3v) is 10.3. The van der Waals surface area contributed by atoms with Crippen molar-refractivity contribution in [1.82, 2.24) is 19.9 Å². The Balaban J connectivity index is 1.03. The highest BCUT2D eigenvalue weighted by atomic mass is 16.6. The van der Waals surface area contributed by atoms with Crippen molar-refractivity contribution in [3.8, 4) is 90.7 Å². The van der Waals surface area contributed by atoms with Gasteiger partial charge in [-0.15, -0.1) is 0 Å². The van der Waals surface area contributed by atoms with Crippen LogP contribution in [-0.2, 0) is 5.41 Å². The molecule has 0 amide bonds. The maximum atomic E-state index is 6.88. The van der Waals surface area contributed by atoms with Crippen molar-refractivity contribution in [3.63, 3.8) is 0 Å². The van der Waals surface area contributed by atoms with Crippen molar-refractivity contribution < 1.29 is 9.47 Å². The molecular weight excluding hydrogens is 653 g/mol. The Hall–Kier alpha value is -6.92. The second-order valence-corrected chi connectivity index (χ2v) is 13.9. The summed E-state index contributed by atoms with van der Waals surface area (Å²) >= 11 is 0. The number of para-hydroxylation sites is 1. The molecular formula is C47H32N4O2. The molecule has 8 aromatic rings. The molecule has 0 radical (unpaired) electrons. The molecule has 53 heavy (non-hydrogen) atoms. The first-order chi connectivity index (χ1) is 26.0. The number of benzene rings is 6. The van der Waals surface area contributed by atoms with Gasteiger partial charge in [-0.3, -0.25) is 4.98 Å². The van der Waals surface area contributed by atoms with Crippen molar-refractivity contribution >= 4 is 0 Å². The van der Waals surface area contributed by atoms with Gasteiger partial charge in [0.1, 0.15) is 0 Å². The largest absolute Gasteiger partial charge is 0.449 e. The fourth-order valence-corrected chi connectivity index (χ4v) is 7.57. The average Bonchev–Trinajstić information content (AvgIpc) is 3.46. The van der Waals surface area contributed by atoms with Crippen LogP contribution in [-0.4, -0.2) is 19.9 Å². The summed E-state index contributed by atoms with van der Waals surface area (Å²) in [5.41, 5.74) is 11.2. The lowest BCUT2D eigenvalue weighted by Gasteiger charge is -2.26. The average molecular weight is 685 g/mol. The van der Waals surface area contributed by atoms with E-state index in [2.05, 4.69) is 85.6 Å². The van der Waals surface area contributed by atoms with E-state index < -0.39 is 0 Å². The molecule has 0 spiro atoms. The van der Waals surface area contributed by atoms with Gasteiger partial charge in [0.2, 0.25) is 0 Å². The molecule has 0 N–H and O–H groups in total. The minimum atomic E-state index is -0.142. The minimum Gasteiger partial charge on any atom is -0.449 e. The zero-order chi connectivity index (χ0) is 35.5. The van der Waals surface area contributed by atoms with Crippen molar-refractivity contribution in [3.05, 3.63) is 169 Å².